The van der Waals surface area contributed by atoms with Crippen molar-refractivity contribution in [2.24, 2.45) is 0 Å². The SMILES string of the molecule is C#CCNC(=O)C(C)Oc1c(Br)cc(C=O)cc1OCC. The van der Waals surface area contributed by atoms with E-state index in [0.29, 0.717) is 34.4 Å². The summed E-state index contributed by atoms with van der Waals surface area (Å²) < 4.78 is 11.6. The van der Waals surface area contributed by atoms with Crippen molar-refractivity contribution in [1.82, 2.24) is 5.32 Å². The number of aldehydes is 1. The van der Waals surface area contributed by atoms with Gasteiger partial charge in [0.05, 0.1) is 17.6 Å². The minimum absolute atomic E-state index is 0.135. The largest absolute Gasteiger partial charge is 0.490 e. The zero-order valence-electron chi connectivity index (χ0n) is 11.8. The lowest BCUT2D eigenvalue weighted by molar-refractivity contribution is -0.127. The fourth-order valence-corrected chi connectivity index (χ4v) is 2.10. The molecule has 0 saturated heterocycles. The number of rotatable bonds is 7. The van der Waals surface area contributed by atoms with Gasteiger partial charge in [-0.3, -0.25) is 9.59 Å². The molecule has 1 aromatic carbocycles. The third-order valence-corrected chi connectivity index (χ3v) is 3.09. The summed E-state index contributed by atoms with van der Waals surface area (Å²) in [5, 5.41) is 2.53. The van der Waals surface area contributed by atoms with Crippen molar-refractivity contribution in [1.29, 1.82) is 0 Å². The first-order chi connectivity index (χ1) is 10.0. The predicted octanol–water partition coefficient (Wildman–Crippen LogP) is 2.18. The molecule has 1 rings (SSSR count). The zero-order valence-corrected chi connectivity index (χ0v) is 13.4. The molecule has 0 bridgehead atoms. The standard InChI is InChI=1S/C15H16BrNO4/c1-4-6-17-15(19)10(3)21-14-12(16)7-11(9-18)8-13(14)20-5-2/h1,7-10H,5-6H2,2-3H3,(H,17,19). The van der Waals surface area contributed by atoms with Crippen LogP contribution in [0.2, 0.25) is 0 Å². The van der Waals surface area contributed by atoms with Crippen molar-refractivity contribution in [3.8, 4) is 23.8 Å². The summed E-state index contributed by atoms with van der Waals surface area (Å²) in [6.45, 7) is 3.95. The molecule has 0 aliphatic rings. The Balaban J connectivity index is 2.98. The monoisotopic (exact) mass is 353 g/mol. The molecule has 0 aliphatic carbocycles. The van der Waals surface area contributed by atoms with Crippen LogP contribution in [-0.2, 0) is 4.79 Å². The smallest absolute Gasteiger partial charge is 0.261 e. The zero-order chi connectivity index (χ0) is 15.8. The highest BCUT2D eigenvalue weighted by Gasteiger charge is 2.19. The van der Waals surface area contributed by atoms with E-state index in [4.69, 9.17) is 15.9 Å². The molecule has 1 N–H and O–H groups in total. The number of amides is 1. The lowest BCUT2D eigenvalue weighted by atomic mass is 10.2. The topological polar surface area (TPSA) is 64.6 Å². The summed E-state index contributed by atoms with van der Waals surface area (Å²) in [5.74, 6) is 2.74. The Kier molecular flexibility index (Phi) is 6.76. The van der Waals surface area contributed by atoms with Crippen molar-refractivity contribution >= 4 is 28.1 Å². The van der Waals surface area contributed by atoms with E-state index in [1.165, 1.54) is 0 Å². The van der Waals surface area contributed by atoms with Crippen LogP contribution >= 0.6 is 15.9 Å². The van der Waals surface area contributed by atoms with E-state index in [1.54, 1.807) is 19.1 Å². The van der Waals surface area contributed by atoms with E-state index in [0.717, 1.165) is 0 Å². The van der Waals surface area contributed by atoms with Crippen molar-refractivity contribution < 1.29 is 19.1 Å². The average Bonchev–Trinajstić information content (AvgIpc) is 2.47. The van der Waals surface area contributed by atoms with Gasteiger partial charge in [0.2, 0.25) is 0 Å². The van der Waals surface area contributed by atoms with Gasteiger partial charge in [0.15, 0.2) is 17.6 Å². The molecular weight excluding hydrogens is 338 g/mol. The maximum absolute atomic E-state index is 11.8. The molecule has 112 valence electrons. The molecule has 0 saturated carbocycles. The first kappa shape index (κ1) is 17.1. The highest BCUT2D eigenvalue weighted by atomic mass is 79.9. The number of nitrogens with one attached hydrogen (secondary N) is 1. The number of hydrogen-bond acceptors (Lipinski definition) is 4. The Morgan fingerprint density at radius 3 is 2.86 bits per heavy atom. The number of ether oxygens (including phenoxy) is 2. The van der Waals surface area contributed by atoms with E-state index < -0.39 is 6.10 Å². The fraction of sp³-hybridized carbons (Fsp3) is 0.333. The predicted molar refractivity (Wildman–Crippen MR) is 82.6 cm³/mol. The summed E-state index contributed by atoms with van der Waals surface area (Å²) in [7, 11) is 0. The van der Waals surface area contributed by atoms with E-state index in [-0.39, 0.29) is 12.5 Å². The van der Waals surface area contributed by atoms with Crippen molar-refractivity contribution in [2.45, 2.75) is 20.0 Å². The number of halogens is 1. The van der Waals surface area contributed by atoms with Crippen LogP contribution in [0.15, 0.2) is 16.6 Å². The first-order valence-corrected chi connectivity index (χ1v) is 7.12. The molecule has 0 radical (unpaired) electrons. The molecule has 1 unspecified atom stereocenters. The Morgan fingerprint density at radius 2 is 2.29 bits per heavy atom. The third-order valence-electron chi connectivity index (χ3n) is 2.50. The second-order valence-corrected chi connectivity index (χ2v) is 4.92. The number of terminal acetylenes is 1. The van der Waals surface area contributed by atoms with Crippen LogP contribution in [0.1, 0.15) is 24.2 Å². The van der Waals surface area contributed by atoms with Crippen LogP contribution in [0, 0.1) is 12.3 Å². The number of carbonyl (C=O) groups is 2. The van der Waals surface area contributed by atoms with Gasteiger partial charge in [-0.05, 0) is 41.9 Å². The summed E-state index contributed by atoms with van der Waals surface area (Å²) in [5.41, 5.74) is 0.446. The van der Waals surface area contributed by atoms with E-state index in [9.17, 15) is 9.59 Å². The highest BCUT2D eigenvalue weighted by molar-refractivity contribution is 9.10. The summed E-state index contributed by atoms with van der Waals surface area (Å²) in [6, 6.07) is 3.15. The van der Waals surface area contributed by atoms with E-state index in [1.807, 2.05) is 6.92 Å². The van der Waals surface area contributed by atoms with Crippen LogP contribution in [0.4, 0.5) is 0 Å². The molecule has 1 amide bonds. The maximum Gasteiger partial charge on any atom is 0.261 e. The maximum atomic E-state index is 11.8. The van der Waals surface area contributed by atoms with Gasteiger partial charge in [0, 0.05) is 5.56 Å². The van der Waals surface area contributed by atoms with Crippen LogP contribution in [0.3, 0.4) is 0 Å². The summed E-state index contributed by atoms with van der Waals surface area (Å²) in [4.78, 5) is 22.6. The van der Waals surface area contributed by atoms with Crippen LogP contribution < -0.4 is 14.8 Å². The number of hydrogen-bond donors (Lipinski definition) is 1. The van der Waals surface area contributed by atoms with Crippen LogP contribution in [-0.4, -0.2) is 31.4 Å². The van der Waals surface area contributed by atoms with Gasteiger partial charge < -0.3 is 14.8 Å². The normalized spacial score (nSPS) is 11.1. The fourth-order valence-electron chi connectivity index (χ4n) is 1.55. The molecule has 0 spiro atoms. The number of carbonyl (C=O) groups excluding carboxylic acids is 2. The van der Waals surface area contributed by atoms with Crippen molar-refractivity contribution in [3.63, 3.8) is 0 Å². The van der Waals surface area contributed by atoms with Gasteiger partial charge in [-0.1, -0.05) is 5.92 Å². The lowest BCUT2D eigenvalue weighted by Gasteiger charge is -2.18. The van der Waals surface area contributed by atoms with Gasteiger partial charge in [-0.25, -0.2) is 0 Å². The second-order valence-electron chi connectivity index (χ2n) is 4.06. The Labute approximate surface area is 132 Å². The second kappa shape index (κ2) is 8.32. The van der Waals surface area contributed by atoms with Gasteiger partial charge in [0.25, 0.3) is 5.91 Å². The molecule has 6 heteroatoms. The van der Waals surface area contributed by atoms with E-state index in [2.05, 4.69) is 27.2 Å². The van der Waals surface area contributed by atoms with Crippen molar-refractivity contribution in [2.75, 3.05) is 13.2 Å². The van der Waals surface area contributed by atoms with Gasteiger partial charge in [-0.2, -0.15) is 0 Å². The summed E-state index contributed by atoms with van der Waals surface area (Å²) in [6.07, 6.45) is 5.04. The van der Waals surface area contributed by atoms with E-state index >= 15 is 0 Å². The van der Waals surface area contributed by atoms with Gasteiger partial charge >= 0.3 is 0 Å². The minimum atomic E-state index is -0.754. The molecule has 0 aliphatic heterocycles. The minimum Gasteiger partial charge on any atom is -0.490 e. The third kappa shape index (κ3) is 4.80. The molecule has 0 fully saturated rings. The Morgan fingerprint density at radius 1 is 1.57 bits per heavy atom. The molecule has 5 nitrogen and oxygen atoms in total. The Bertz CT molecular complexity index is 566. The van der Waals surface area contributed by atoms with Crippen LogP contribution in [0.5, 0.6) is 11.5 Å². The quantitative estimate of drug-likeness (QED) is 0.602. The summed E-state index contributed by atoms with van der Waals surface area (Å²) >= 11 is 3.31. The molecule has 1 atom stereocenters. The van der Waals surface area contributed by atoms with Crippen molar-refractivity contribution in [3.05, 3.63) is 22.2 Å². The average molecular weight is 354 g/mol. The van der Waals surface area contributed by atoms with Gasteiger partial charge in [0.1, 0.15) is 6.29 Å². The molecule has 0 heterocycles. The van der Waals surface area contributed by atoms with Gasteiger partial charge in [-0.15, -0.1) is 6.42 Å². The lowest BCUT2D eigenvalue weighted by Crippen LogP contribution is -2.36. The number of benzene rings is 1. The first-order valence-electron chi connectivity index (χ1n) is 6.32. The molecule has 1 aromatic rings. The molecular formula is C15H16BrNO4. The highest BCUT2D eigenvalue weighted by Crippen LogP contribution is 2.37. The van der Waals surface area contributed by atoms with Crippen LogP contribution in [0.25, 0.3) is 0 Å². The Hall–Kier alpha value is -2.00. The molecule has 21 heavy (non-hydrogen) atoms. The molecule has 0 aromatic heterocycles.